The lowest BCUT2D eigenvalue weighted by Crippen LogP contribution is -2.30. The summed E-state index contributed by atoms with van der Waals surface area (Å²) < 4.78 is 21.9. The van der Waals surface area contributed by atoms with Crippen molar-refractivity contribution in [3.63, 3.8) is 0 Å². The van der Waals surface area contributed by atoms with Crippen molar-refractivity contribution in [2.75, 3.05) is 39.7 Å². The summed E-state index contributed by atoms with van der Waals surface area (Å²) in [6.07, 6.45) is 0. The van der Waals surface area contributed by atoms with Crippen molar-refractivity contribution in [1.29, 1.82) is 0 Å². The number of hydrogen-bond donors (Lipinski definition) is 0. The Bertz CT molecular complexity index is 856. The fourth-order valence-corrected chi connectivity index (χ4v) is 4.54. The third kappa shape index (κ3) is 3.39. The molecule has 2 aromatic rings. The van der Waals surface area contributed by atoms with Crippen LogP contribution in [0.25, 0.3) is 0 Å². The van der Waals surface area contributed by atoms with Crippen LogP contribution in [0.4, 0.5) is 0 Å². The predicted molar refractivity (Wildman–Crippen MR) is 103 cm³/mol. The Morgan fingerprint density at radius 2 is 1.89 bits per heavy atom. The molecule has 0 radical (unpaired) electrons. The van der Waals surface area contributed by atoms with Gasteiger partial charge in [-0.15, -0.1) is 11.8 Å². The highest BCUT2D eigenvalue weighted by Gasteiger charge is 2.33. The van der Waals surface area contributed by atoms with Crippen molar-refractivity contribution < 1.29 is 23.7 Å². The number of benzene rings is 2. The van der Waals surface area contributed by atoms with Crippen LogP contribution in [0.5, 0.6) is 23.0 Å². The Morgan fingerprint density at radius 3 is 2.67 bits per heavy atom. The molecule has 2 heterocycles. The molecule has 27 heavy (non-hydrogen) atoms. The first-order valence-electron chi connectivity index (χ1n) is 8.75. The highest BCUT2D eigenvalue weighted by Crippen LogP contribution is 2.43. The van der Waals surface area contributed by atoms with E-state index < -0.39 is 0 Å². The highest BCUT2D eigenvalue weighted by molar-refractivity contribution is 7.99. The summed E-state index contributed by atoms with van der Waals surface area (Å²) >= 11 is 1.74. The zero-order valence-electron chi connectivity index (χ0n) is 15.3. The molecule has 1 saturated heterocycles. The van der Waals surface area contributed by atoms with Crippen LogP contribution in [-0.2, 0) is 0 Å². The van der Waals surface area contributed by atoms with E-state index in [1.807, 2.05) is 23.1 Å². The van der Waals surface area contributed by atoms with Crippen molar-refractivity contribution in [2.24, 2.45) is 0 Å². The Labute approximate surface area is 162 Å². The fraction of sp³-hybridized carbons (Fsp3) is 0.350. The lowest BCUT2D eigenvalue weighted by molar-refractivity contribution is 0.0756. The van der Waals surface area contributed by atoms with Gasteiger partial charge in [-0.2, -0.15) is 0 Å². The normalized spacial score (nSPS) is 18.3. The second-order valence-corrected chi connectivity index (χ2v) is 7.38. The van der Waals surface area contributed by atoms with Crippen LogP contribution in [0.15, 0.2) is 36.4 Å². The molecular weight excluding hydrogens is 366 g/mol. The Kier molecular flexibility index (Phi) is 5.03. The highest BCUT2D eigenvalue weighted by atomic mass is 32.2. The molecule has 142 valence electrons. The number of carbonyl (C=O) groups is 1. The number of methoxy groups -OCH3 is 2. The van der Waals surface area contributed by atoms with E-state index in [4.69, 9.17) is 18.9 Å². The first kappa shape index (κ1) is 17.9. The molecule has 2 aromatic carbocycles. The lowest BCUT2D eigenvalue weighted by atomic mass is 10.1. The van der Waals surface area contributed by atoms with Gasteiger partial charge in [0.1, 0.15) is 30.1 Å². The summed E-state index contributed by atoms with van der Waals surface area (Å²) in [5.41, 5.74) is 1.56. The van der Waals surface area contributed by atoms with Gasteiger partial charge in [-0.3, -0.25) is 4.79 Å². The van der Waals surface area contributed by atoms with Crippen molar-refractivity contribution in [3.8, 4) is 23.0 Å². The zero-order chi connectivity index (χ0) is 18.8. The van der Waals surface area contributed by atoms with E-state index in [1.165, 1.54) is 0 Å². The van der Waals surface area contributed by atoms with Crippen molar-refractivity contribution >= 4 is 17.7 Å². The number of thioether (sulfide) groups is 1. The number of rotatable bonds is 4. The fourth-order valence-electron chi connectivity index (χ4n) is 3.30. The summed E-state index contributed by atoms with van der Waals surface area (Å²) in [5, 5.41) is -0.0693. The minimum Gasteiger partial charge on any atom is -0.497 e. The van der Waals surface area contributed by atoms with Crippen molar-refractivity contribution in [1.82, 2.24) is 4.90 Å². The maximum Gasteiger partial charge on any atom is 0.258 e. The van der Waals surface area contributed by atoms with Crippen LogP contribution in [0.1, 0.15) is 21.3 Å². The van der Waals surface area contributed by atoms with E-state index in [2.05, 4.69) is 0 Å². The van der Waals surface area contributed by atoms with Gasteiger partial charge in [0.2, 0.25) is 0 Å². The van der Waals surface area contributed by atoms with Crippen molar-refractivity contribution in [2.45, 2.75) is 5.37 Å². The van der Waals surface area contributed by atoms with Crippen molar-refractivity contribution in [3.05, 3.63) is 47.5 Å². The Morgan fingerprint density at radius 1 is 1.07 bits per heavy atom. The minimum absolute atomic E-state index is 0.0561. The quantitative estimate of drug-likeness (QED) is 0.802. The maximum atomic E-state index is 13.2. The van der Waals surface area contributed by atoms with E-state index in [0.717, 1.165) is 22.8 Å². The molecule has 0 unspecified atom stereocenters. The van der Waals surface area contributed by atoms with E-state index in [-0.39, 0.29) is 11.3 Å². The molecule has 6 nitrogen and oxygen atoms in total. The standard InChI is InChI=1S/C20H21NO5S/c1-23-14-4-5-15(17(12-14)24-2)19(22)21-7-10-27-20(21)13-3-6-16-18(11-13)26-9-8-25-16/h3-6,11-12,20H,7-10H2,1-2H3/t20-/m0/s1. The Hall–Kier alpha value is -2.54. The van der Waals surface area contributed by atoms with Crippen LogP contribution in [0, 0.1) is 0 Å². The predicted octanol–water partition coefficient (Wildman–Crippen LogP) is 3.36. The number of hydrogen-bond acceptors (Lipinski definition) is 6. The molecule has 2 aliphatic rings. The minimum atomic E-state index is -0.0693. The second kappa shape index (κ2) is 7.60. The second-order valence-electron chi connectivity index (χ2n) is 6.19. The van der Waals surface area contributed by atoms with E-state index in [0.29, 0.717) is 36.8 Å². The van der Waals surface area contributed by atoms with Gasteiger partial charge in [0, 0.05) is 18.4 Å². The molecule has 2 aliphatic heterocycles. The zero-order valence-corrected chi connectivity index (χ0v) is 16.1. The first-order chi connectivity index (χ1) is 13.2. The molecule has 0 saturated carbocycles. The largest absolute Gasteiger partial charge is 0.497 e. The van der Waals surface area contributed by atoms with Crippen LogP contribution < -0.4 is 18.9 Å². The van der Waals surface area contributed by atoms with Gasteiger partial charge in [-0.05, 0) is 29.8 Å². The number of nitrogens with zero attached hydrogens (tertiary/aromatic N) is 1. The number of amides is 1. The van der Waals surface area contributed by atoms with Gasteiger partial charge in [0.05, 0.1) is 19.8 Å². The number of carbonyl (C=O) groups excluding carboxylic acids is 1. The van der Waals surface area contributed by atoms with Gasteiger partial charge in [0.25, 0.3) is 5.91 Å². The molecule has 0 aromatic heterocycles. The molecule has 1 fully saturated rings. The van der Waals surface area contributed by atoms with E-state index in [1.54, 1.807) is 44.2 Å². The lowest BCUT2D eigenvalue weighted by Gasteiger charge is -2.26. The Balaban J connectivity index is 1.62. The maximum absolute atomic E-state index is 13.2. The molecule has 0 spiro atoms. The number of ether oxygens (including phenoxy) is 4. The smallest absolute Gasteiger partial charge is 0.258 e. The van der Waals surface area contributed by atoms with Gasteiger partial charge in [-0.25, -0.2) is 0 Å². The molecule has 1 atom stereocenters. The monoisotopic (exact) mass is 387 g/mol. The molecule has 7 heteroatoms. The summed E-state index contributed by atoms with van der Waals surface area (Å²) in [6, 6.07) is 11.2. The van der Waals surface area contributed by atoms with Gasteiger partial charge < -0.3 is 23.8 Å². The summed E-state index contributed by atoms with van der Waals surface area (Å²) in [6.45, 7) is 1.78. The topological polar surface area (TPSA) is 57.2 Å². The molecular formula is C20H21NO5S. The van der Waals surface area contributed by atoms with Crippen LogP contribution in [-0.4, -0.2) is 50.5 Å². The SMILES string of the molecule is COc1ccc(C(=O)N2CCS[C@H]2c2ccc3c(c2)OCCO3)c(OC)c1. The molecule has 1 amide bonds. The van der Waals surface area contributed by atoms with Gasteiger partial charge in [0.15, 0.2) is 11.5 Å². The summed E-state index contributed by atoms with van der Waals surface area (Å²) in [4.78, 5) is 15.1. The molecule has 0 aliphatic carbocycles. The molecule has 0 bridgehead atoms. The van der Waals surface area contributed by atoms with Crippen LogP contribution in [0.3, 0.4) is 0 Å². The average Bonchev–Trinajstić information content (AvgIpc) is 3.22. The van der Waals surface area contributed by atoms with Crippen LogP contribution >= 0.6 is 11.8 Å². The van der Waals surface area contributed by atoms with E-state index >= 15 is 0 Å². The van der Waals surface area contributed by atoms with Gasteiger partial charge >= 0.3 is 0 Å². The first-order valence-corrected chi connectivity index (χ1v) is 9.80. The van der Waals surface area contributed by atoms with E-state index in [9.17, 15) is 4.79 Å². The third-order valence-corrected chi connectivity index (χ3v) is 5.90. The number of fused-ring (bicyclic) bond motifs is 1. The average molecular weight is 387 g/mol. The molecule has 0 N–H and O–H groups in total. The summed E-state index contributed by atoms with van der Waals surface area (Å²) in [7, 11) is 3.15. The third-order valence-electron chi connectivity index (χ3n) is 4.64. The summed E-state index contributed by atoms with van der Waals surface area (Å²) in [5.74, 6) is 3.48. The van der Waals surface area contributed by atoms with Crippen LogP contribution in [0.2, 0.25) is 0 Å². The molecule has 4 rings (SSSR count). The van der Waals surface area contributed by atoms with Gasteiger partial charge in [-0.1, -0.05) is 6.07 Å².